The van der Waals surface area contributed by atoms with Gasteiger partial charge in [-0.25, -0.2) is 9.07 Å². The van der Waals surface area contributed by atoms with Gasteiger partial charge in [0, 0.05) is 19.6 Å². The summed E-state index contributed by atoms with van der Waals surface area (Å²) in [6.07, 6.45) is 2.59. The topological polar surface area (TPSA) is 59.8 Å². The number of para-hydroxylation sites is 2. The molecule has 2 aromatic carbocycles. The molecule has 1 unspecified atom stereocenters. The molecule has 7 heteroatoms. The summed E-state index contributed by atoms with van der Waals surface area (Å²) in [5, 5.41) is 15.5. The average Bonchev–Trinajstić information content (AvgIpc) is 3.60. The molecule has 1 aromatic heterocycles. The Morgan fingerprint density at radius 2 is 1.83 bits per heavy atom. The highest BCUT2D eigenvalue weighted by molar-refractivity contribution is 5.44. The molecule has 1 atom stereocenters. The molecule has 3 aromatic rings. The quantitative estimate of drug-likeness (QED) is 0.356. The van der Waals surface area contributed by atoms with Crippen LogP contribution < -0.4 is 4.74 Å². The molecule has 1 heterocycles. The normalized spacial score (nSPS) is 14.6. The molecule has 0 radical (unpaired) electrons. The van der Waals surface area contributed by atoms with E-state index in [0.29, 0.717) is 37.9 Å². The Kier molecular flexibility index (Phi) is 8.55. The third kappa shape index (κ3) is 6.90. The molecular weight excluding hydrogens is 445 g/mol. The Morgan fingerprint density at radius 3 is 2.49 bits per heavy atom. The molecule has 1 aliphatic rings. The lowest BCUT2D eigenvalue weighted by Gasteiger charge is -2.26. The molecule has 6 nitrogen and oxygen atoms in total. The van der Waals surface area contributed by atoms with E-state index in [-0.39, 0.29) is 11.9 Å². The maximum absolute atomic E-state index is 14.6. The zero-order valence-electron chi connectivity index (χ0n) is 20.9. The summed E-state index contributed by atoms with van der Waals surface area (Å²) in [5.74, 6) is 0.881. The van der Waals surface area contributed by atoms with Crippen LogP contribution in [0, 0.1) is 11.7 Å². The lowest BCUT2D eigenvalue weighted by Crippen LogP contribution is -2.36. The minimum atomic E-state index is -0.596. The predicted octanol–water partition coefficient (Wildman–Crippen LogP) is 5.36. The first kappa shape index (κ1) is 25.4. The van der Waals surface area contributed by atoms with E-state index in [1.54, 1.807) is 22.9 Å². The van der Waals surface area contributed by atoms with Gasteiger partial charge in [0.2, 0.25) is 5.88 Å². The molecule has 4 rings (SSSR count). The number of benzene rings is 2. The van der Waals surface area contributed by atoms with Gasteiger partial charge in [0.05, 0.1) is 35.8 Å². The maximum atomic E-state index is 14.6. The van der Waals surface area contributed by atoms with E-state index in [1.165, 1.54) is 18.9 Å². The lowest BCUT2D eigenvalue weighted by atomic mass is 10.1. The third-order valence-electron chi connectivity index (χ3n) is 6.08. The van der Waals surface area contributed by atoms with Crippen molar-refractivity contribution in [3.63, 3.8) is 0 Å². The average molecular weight is 482 g/mol. The van der Waals surface area contributed by atoms with Gasteiger partial charge in [-0.1, -0.05) is 37.3 Å². The summed E-state index contributed by atoms with van der Waals surface area (Å²) in [5.41, 5.74) is 2.66. The second-order valence-electron chi connectivity index (χ2n) is 9.54. The highest BCUT2D eigenvalue weighted by Crippen LogP contribution is 2.35. The second-order valence-corrected chi connectivity index (χ2v) is 9.54. The summed E-state index contributed by atoms with van der Waals surface area (Å²) < 4.78 is 28.2. The van der Waals surface area contributed by atoms with Crippen molar-refractivity contribution in [3.8, 4) is 17.3 Å². The number of aliphatic hydroxyl groups is 1. The van der Waals surface area contributed by atoms with Gasteiger partial charge in [-0.15, -0.1) is 0 Å². The van der Waals surface area contributed by atoms with Gasteiger partial charge in [0.1, 0.15) is 0 Å². The van der Waals surface area contributed by atoms with Crippen LogP contribution in [0.3, 0.4) is 0 Å². The fourth-order valence-electron chi connectivity index (χ4n) is 4.15. The van der Waals surface area contributed by atoms with Crippen molar-refractivity contribution in [1.29, 1.82) is 0 Å². The fourth-order valence-corrected chi connectivity index (χ4v) is 4.15. The van der Waals surface area contributed by atoms with E-state index in [0.717, 1.165) is 23.5 Å². The smallest absolute Gasteiger partial charge is 0.227 e. The molecular formula is C28H36FN3O3. The van der Waals surface area contributed by atoms with Crippen LogP contribution in [0.2, 0.25) is 0 Å². The highest BCUT2D eigenvalue weighted by Gasteiger charge is 2.29. The van der Waals surface area contributed by atoms with Crippen molar-refractivity contribution in [2.45, 2.75) is 58.8 Å². The zero-order valence-corrected chi connectivity index (χ0v) is 20.9. The van der Waals surface area contributed by atoms with Crippen LogP contribution in [0.15, 0.2) is 54.6 Å². The Hall–Kier alpha value is -2.74. The molecule has 0 bridgehead atoms. The summed E-state index contributed by atoms with van der Waals surface area (Å²) in [4.78, 5) is 2.26. The Balaban J connectivity index is 1.68. The molecule has 0 saturated heterocycles. The van der Waals surface area contributed by atoms with Gasteiger partial charge in [-0.2, -0.15) is 5.10 Å². The number of aromatic nitrogens is 2. The molecule has 188 valence electrons. The van der Waals surface area contributed by atoms with Crippen molar-refractivity contribution in [2.75, 3.05) is 19.7 Å². The number of hydrogen-bond acceptors (Lipinski definition) is 5. The standard InChI is InChI=1S/C28H36FN3O3/c1-4-26-24(18-31(16-21-14-15-21)17-23(33)19-34-20(2)3)28(35-27-13-9-8-12-25(27)29)32(30-26)22-10-6-5-7-11-22/h5-13,20-21,23,33H,4,14-19H2,1-3H3. The van der Waals surface area contributed by atoms with Crippen LogP contribution in [0.4, 0.5) is 4.39 Å². The van der Waals surface area contributed by atoms with Crippen LogP contribution in [0.5, 0.6) is 11.6 Å². The number of aryl methyl sites for hydroxylation is 1. The van der Waals surface area contributed by atoms with Gasteiger partial charge >= 0.3 is 0 Å². The van der Waals surface area contributed by atoms with Crippen molar-refractivity contribution < 1.29 is 19.0 Å². The predicted molar refractivity (Wildman–Crippen MR) is 135 cm³/mol. The van der Waals surface area contributed by atoms with E-state index in [4.69, 9.17) is 14.6 Å². The third-order valence-corrected chi connectivity index (χ3v) is 6.08. The van der Waals surface area contributed by atoms with Crippen LogP contribution in [0.1, 0.15) is 44.9 Å². The highest BCUT2D eigenvalue weighted by atomic mass is 19.1. The van der Waals surface area contributed by atoms with Gasteiger partial charge < -0.3 is 14.6 Å². The minimum Gasteiger partial charge on any atom is -0.435 e. The first-order valence-electron chi connectivity index (χ1n) is 12.5. The molecule has 0 spiro atoms. The SMILES string of the molecule is CCc1nn(-c2ccccc2)c(Oc2ccccc2F)c1CN(CC(O)COC(C)C)CC1CC1. The summed E-state index contributed by atoms with van der Waals surface area (Å²) >= 11 is 0. The number of halogens is 1. The Labute approximate surface area is 207 Å². The monoisotopic (exact) mass is 481 g/mol. The summed E-state index contributed by atoms with van der Waals surface area (Å²) in [7, 11) is 0. The number of hydrogen-bond donors (Lipinski definition) is 1. The van der Waals surface area contributed by atoms with Crippen LogP contribution in [-0.2, 0) is 17.7 Å². The largest absolute Gasteiger partial charge is 0.435 e. The molecule has 1 aliphatic carbocycles. The first-order chi connectivity index (χ1) is 16.9. The minimum absolute atomic E-state index is 0.0677. The van der Waals surface area contributed by atoms with Gasteiger partial charge in [0.15, 0.2) is 11.6 Å². The van der Waals surface area contributed by atoms with Crippen LogP contribution in [0.25, 0.3) is 5.69 Å². The van der Waals surface area contributed by atoms with E-state index < -0.39 is 11.9 Å². The van der Waals surface area contributed by atoms with E-state index in [1.807, 2.05) is 44.2 Å². The van der Waals surface area contributed by atoms with Crippen LogP contribution >= 0.6 is 0 Å². The fraction of sp³-hybridized carbons (Fsp3) is 0.464. The summed E-state index contributed by atoms with van der Waals surface area (Å²) in [6, 6.07) is 16.2. The van der Waals surface area contributed by atoms with Gasteiger partial charge in [0.25, 0.3) is 0 Å². The Morgan fingerprint density at radius 1 is 1.11 bits per heavy atom. The second kappa shape index (κ2) is 11.8. The molecule has 0 aliphatic heterocycles. The number of rotatable bonds is 13. The van der Waals surface area contributed by atoms with Crippen molar-refractivity contribution in [3.05, 3.63) is 71.7 Å². The molecule has 35 heavy (non-hydrogen) atoms. The number of ether oxygens (including phenoxy) is 2. The van der Waals surface area contributed by atoms with Crippen LogP contribution in [-0.4, -0.2) is 51.7 Å². The number of nitrogens with zero attached hydrogens (tertiary/aromatic N) is 3. The molecule has 1 fully saturated rings. The zero-order chi connectivity index (χ0) is 24.8. The van der Waals surface area contributed by atoms with E-state index in [2.05, 4.69) is 11.8 Å². The van der Waals surface area contributed by atoms with Crippen molar-refractivity contribution in [2.24, 2.45) is 5.92 Å². The van der Waals surface area contributed by atoms with Crippen molar-refractivity contribution >= 4 is 0 Å². The molecule has 1 N–H and O–H groups in total. The van der Waals surface area contributed by atoms with E-state index in [9.17, 15) is 9.50 Å². The molecule has 0 amide bonds. The first-order valence-corrected chi connectivity index (χ1v) is 12.5. The lowest BCUT2D eigenvalue weighted by molar-refractivity contribution is -0.0101. The summed E-state index contributed by atoms with van der Waals surface area (Å²) in [6.45, 7) is 8.21. The van der Waals surface area contributed by atoms with Crippen molar-refractivity contribution in [1.82, 2.24) is 14.7 Å². The van der Waals surface area contributed by atoms with Gasteiger partial charge in [-0.05, 0) is 63.3 Å². The maximum Gasteiger partial charge on any atom is 0.227 e. The number of aliphatic hydroxyl groups excluding tert-OH is 1. The van der Waals surface area contributed by atoms with E-state index >= 15 is 0 Å². The molecule has 1 saturated carbocycles. The van der Waals surface area contributed by atoms with Gasteiger partial charge in [-0.3, -0.25) is 4.90 Å². The Bertz CT molecular complexity index is 1080.